The maximum Gasteiger partial charge on any atom is 0.315 e. The molecule has 2 rings (SSSR count). The van der Waals surface area contributed by atoms with Crippen molar-refractivity contribution in [2.24, 2.45) is 0 Å². The van der Waals surface area contributed by atoms with Crippen molar-refractivity contribution in [2.45, 2.75) is 65.8 Å². The van der Waals surface area contributed by atoms with Crippen LogP contribution >= 0.6 is 0 Å². The van der Waals surface area contributed by atoms with Gasteiger partial charge in [-0.1, -0.05) is 6.92 Å². The number of ether oxygens (including phenoxy) is 2. The van der Waals surface area contributed by atoms with Crippen LogP contribution in [0.5, 0.6) is 0 Å². The minimum absolute atomic E-state index is 0.110. The SMILES string of the molecule is CCCC(OC(=O)CC[n+]1ccc(NC(C)=O)cc1)OC(=O)CC[n+]1ccc(NC(C)=O)cc1. The Kier molecular flexibility index (Phi) is 10.6. The number of anilines is 2. The molecule has 2 N–H and O–H groups in total. The molecule has 0 aliphatic rings. The third kappa shape index (κ3) is 10.2. The number of aromatic nitrogens is 2. The fraction of sp³-hybridized carbons (Fsp3) is 0.417. The van der Waals surface area contributed by atoms with Crippen molar-refractivity contribution < 1.29 is 37.8 Å². The highest BCUT2D eigenvalue weighted by molar-refractivity contribution is 5.88. The van der Waals surface area contributed by atoms with Gasteiger partial charge in [0.15, 0.2) is 37.9 Å². The standard InChI is InChI=1S/C24H30N4O6/c1-4-5-24(33-22(31)10-16-27-12-6-20(7-13-27)25-18(2)29)34-23(32)11-17-28-14-8-21(9-15-28)26-19(3)30/h6-9,12-15,24H,4-5,10-11,16-17H2,1-3H3/p+2. The van der Waals surface area contributed by atoms with Gasteiger partial charge in [-0.05, 0) is 6.42 Å². The molecule has 2 amide bonds. The van der Waals surface area contributed by atoms with Crippen LogP contribution in [0.1, 0.15) is 46.5 Å². The molecule has 0 radical (unpaired) electrons. The Balaban J connectivity index is 1.77. The van der Waals surface area contributed by atoms with Crippen molar-refractivity contribution in [1.29, 1.82) is 0 Å². The van der Waals surface area contributed by atoms with Crippen molar-refractivity contribution in [1.82, 2.24) is 0 Å². The van der Waals surface area contributed by atoms with Gasteiger partial charge in [-0.2, -0.15) is 0 Å². The molecule has 2 heterocycles. The summed E-state index contributed by atoms with van der Waals surface area (Å²) >= 11 is 0. The van der Waals surface area contributed by atoms with Gasteiger partial charge in [-0.15, -0.1) is 0 Å². The zero-order chi connectivity index (χ0) is 24.9. The van der Waals surface area contributed by atoms with Crippen molar-refractivity contribution in [3.05, 3.63) is 49.1 Å². The molecule has 2 aromatic rings. The lowest BCUT2D eigenvalue weighted by Gasteiger charge is -2.17. The average molecular weight is 473 g/mol. The lowest BCUT2D eigenvalue weighted by molar-refractivity contribution is -0.696. The Morgan fingerprint density at radius 1 is 0.765 bits per heavy atom. The Morgan fingerprint density at radius 3 is 1.47 bits per heavy atom. The second-order valence-corrected chi connectivity index (χ2v) is 7.71. The Bertz CT molecular complexity index is 898. The maximum absolute atomic E-state index is 12.3. The number of rotatable bonds is 12. The molecule has 34 heavy (non-hydrogen) atoms. The van der Waals surface area contributed by atoms with Gasteiger partial charge >= 0.3 is 11.9 Å². The third-order valence-corrected chi connectivity index (χ3v) is 4.62. The van der Waals surface area contributed by atoms with Crippen LogP contribution in [-0.4, -0.2) is 30.0 Å². The minimum Gasteiger partial charge on any atom is -0.425 e. The number of nitrogens with zero attached hydrogens (tertiary/aromatic N) is 2. The van der Waals surface area contributed by atoms with E-state index in [9.17, 15) is 19.2 Å². The van der Waals surface area contributed by atoms with Crippen LogP contribution in [-0.2, 0) is 41.7 Å². The van der Waals surface area contributed by atoms with E-state index >= 15 is 0 Å². The number of amides is 2. The van der Waals surface area contributed by atoms with Gasteiger partial charge in [0.05, 0.1) is 11.4 Å². The first-order valence-corrected chi connectivity index (χ1v) is 11.2. The molecule has 0 aliphatic carbocycles. The summed E-state index contributed by atoms with van der Waals surface area (Å²) in [5.41, 5.74) is 1.34. The first-order valence-electron chi connectivity index (χ1n) is 11.2. The summed E-state index contributed by atoms with van der Waals surface area (Å²) in [6, 6.07) is 6.94. The summed E-state index contributed by atoms with van der Waals surface area (Å²) in [6.45, 7) is 5.55. The summed E-state index contributed by atoms with van der Waals surface area (Å²) in [7, 11) is 0. The maximum atomic E-state index is 12.3. The molecule has 0 aromatic carbocycles. The minimum atomic E-state index is -0.927. The predicted molar refractivity (Wildman–Crippen MR) is 122 cm³/mol. The van der Waals surface area contributed by atoms with E-state index in [2.05, 4.69) is 10.6 Å². The van der Waals surface area contributed by atoms with Gasteiger partial charge in [0.2, 0.25) is 18.1 Å². The molecule has 0 fully saturated rings. The molecule has 0 aliphatic heterocycles. The number of carbonyl (C=O) groups excluding carboxylic acids is 4. The highest BCUT2D eigenvalue weighted by atomic mass is 16.7. The summed E-state index contributed by atoms with van der Waals surface area (Å²) in [5.74, 6) is -1.24. The van der Waals surface area contributed by atoms with Gasteiger partial charge in [0.25, 0.3) is 0 Å². The summed E-state index contributed by atoms with van der Waals surface area (Å²) in [5, 5.41) is 5.35. The van der Waals surface area contributed by atoms with Gasteiger partial charge in [0, 0.05) is 44.5 Å². The van der Waals surface area contributed by atoms with Crippen LogP contribution in [0.15, 0.2) is 49.1 Å². The lowest BCUT2D eigenvalue weighted by Crippen LogP contribution is -2.36. The van der Waals surface area contributed by atoms with Crippen LogP contribution in [0, 0.1) is 0 Å². The zero-order valence-electron chi connectivity index (χ0n) is 19.8. The Hall–Kier alpha value is -3.82. The number of esters is 2. The molecule has 0 saturated heterocycles. The molecule has 0 atom stereocenters. The van der Waals surface area contributed by atoms with Gasteiger partial charge < -0.3 is 20.1 Å². The number of pyridine rings is 2. The molecule has 2 aromatic heterocycles. The van der Waals surface area contributed by atoms with E-state index in [1.165, 1.54) is 13.8 Å². The predicted octanol–water partition coefficient (Wildman–Crippen LogP) is 1.87. The van der Waals surface area contributed by atoms with Crippen LogP contribution in [0.2, 0.25) is 0 Å². The van der Waals surface area contributed by atoms with Crippen molar-refractivity contribution >= 4 is 35.1 Å². The van der Waals surface area contributed by atoms with E-state index in [1.807, 2.05) is 6.92 Å². The van der Waals surface area contributed by atoms with E-state index in [0.29, 0.717) is 37.3 Å². The van der Waals surface area contributed by atoms with Crippen LogP contribution in [0.4, 0.5) is 11.4 Å². The van der Waals surface area contributed by atoms with Crippen LogP contribution in [0.3, 0.4) is 0 Å². The number of nitrogens with one attached hydrogen (secondary N) is 2. The molecule has 10 heteroatoms. The van der Waals surface area contributed by atoms with Gasteiger partial charge in [-0.25, -0.2) is 9.13 Å². The smallest absolute Gasteiger partial charge is 0.315 e. The molecule has 182 valence electrons. The second kappa shape index (κ2) is 13.7. The van der Waals surface area contributed by atoms with E-state index < -0.39 is 18.2 Å². The summed E-state index contributed by atoms with van der Waals surface area (Å²) < 4.78 is 14.3. The number of hydrogen-bond acceptors (Lipinski definition) is 6. The van der Waals surface area contributed by atoms with Gasteiger partial charge in [-0.3, -0.25) is 19.2 Å². The largest absolute Gasteiger partial charge is 0.425 e. The molecule has 10 nitrogen and oxygen atoms in total. The van der Waals surface area contributed by atoms with E-state index in [-0.39, 0.29) is 24.7 Å². The first-order chi connectivity index (χ1) is 16.2. The monoisotopic (exact) mass is 472 g/mol. The number of hydrogen-bond donors (Lipinski definition) is 2. The van der Waals surface area contributed by atoms with Crippen molar-refractivity contribution in [3.63, 3.8) is 0 Å². The molecule has 0 unspecified atom stereocenters. The summed E-state index contributed by atoms with van der Waals surface area (Å²) in [4.78, 5) is 46.7. The second-order valence-electron chi connectivity index (χ2n) is 7.71. The molecule has 0 spiro atoms. The third-order valence-electron chi connectivity index (χ3n) is 4.62. The highest BCUT2D eigenvalue weighted by Gasteiger charge is 2.20. The summed E-state index contributed by atoms with van der Waals surface area (Å²) in [6.07, 6.45) is 7.40. The van der Waals surface area contributed by atoms with E-state index in [0.717, 1.165) is 0 Å². The quantitative estimate of drug-likeness (QED) is 0.277. The van der Waals surface area contributed by atoms with Crippen LogP contribution < -0.4 is 19.8 Å². The van der Waals surface area contributed by atoms with Crippen LogP contribution in [0.25, 0.3) is 0 Å². The topological polar surface area (TPSA) is 119 Å². The lowest BCUT2D eigenvalue weighted by atomic mass is 10.3. The number of aryl methyl sites for hydroxylation is 2. The van der Waals surface area contributed by atoms with Gasteiger partial charge in [0.1, 0.15) is 12.8 Å². The Labute approximate surface area is 198 Å². The molecular weight excluding hydrogens is 440 g/mol. The zero-order valence-corrected chi connectivity index (χ0v) is 19.8. The average Bonchev–Trinajstić information content (AvgIpc) is 2.77. The van der Waals surface area contributed by atoms with E-state index in [1.54, 1.807) is 58.2 Å². The Morgan fingerprint density at radius 2 is 1.15 bits per heavy atom. The normalized spacial score (nSPS) is 10.5. The molecular formula is C24H32N4O6+2. The van der Waals surface area contributed by atoms with E-state index in [4.69, 9.17) is 9.47 Å². The fourth-order valence-corrected chi connectivity index (χ4v) is 3.02. The van der Waals surface area contributed by atoms with Crippen molar-refractivity contribution in [2.75, 3.05) is 10.6 Å². The molecule has 0 saturated carbocycles. The molecule has 0 bridgehead atoms. The highest BCUT2D eigenvalue weighted by Crippen LogP contribution is 2.08. The number of carbonyl (C=O) groups is 4. The fourth-order valence-electron chi connectivity index (χ4n) is 3.02. The first kappa shape index (κ1) is 26.4. The van der Waals surface area contributed by atoms with Crippen molar-refractivity contribution in [3.8, 4) is 0 Å².